The lowest BCUT2D eigenvalue weighted by Gasteiger charge is -2.35. The normalized spacial score (nSPS) is 26.4. The van der Waals surface area contributed by atoms with Crippen LogP contribution >= 0.6 is 12.4 Å². The van der Waals surface area contributed by atoms with Gasteiger partial charge in [0.1, 0.15) is 11.6 Å². The third kappa shape index (κ3) is 3.41. The number of likely N-dealkylation sites (N-methyl/N-ethyl adjacent to an activating group) is 1. The van der Waals surface area contributed by atoms with Crippen molar-refractivity contribution in [2.75, 3.05) is 7.05 Å². The Bertz CT molecular complexity index is 523. The molecule has 2 saturated heterocycles. The summed E-state index contributed by atoms with van der Waals surface area (Å²) < 4.78 is 27.3. The molecule has 2 atom stereocenters. The quantitative estimate of drug-likeness (QED) is 0.924. The standard InChI is InChI=1S/C16H20F2N2O.ClH/c1-20(12-7-10-5-6-11(8-12)19-10)16(21)9-13-14(17)3-2-4-15(13)18;/h2-4,10-12,19H,5-9H2,1H3;1H. The fourth-order valence-corrected chi connectivity index (χ4v) is 3.52. The van der Waals surface area contributed by atoms with Gasteiger partial charge in [0.2, 0.25) is 5.91 Å². The Balaban J connectivity index is 0.00000176. The fourth-order valence-electron chi connectivity index (χ4n) is 3.52. The average Bonchev–Trinajstić information content (AvgIpc) is 2.80. The fraction of sp³-hybridized carbons (Fsp3) is 0.562. The van der Waals surface area contributed by atoms with Gasteiger partial charge < -0.3 is 10.2 Å². The molecule has 1 aromatic carbocycles. The van der Waals surface area contributed by atoms with Gasteiger partial charge >= 0.3 is 0 Å². The van der Waals surface area contributed by atoms with Crippen LogP contribution in [-0.4, -0.2) is 36.0 Å². The maximum atomic E-state index is 13.6. The summed E-state index contributed by atoms with van der Waals surface area (Å²) in [6, 6.07) is 4.83. The molecule has 2 bridgehead atoms. The summed E-state index contributed by atoms with van der Waals surface area (Å²) in [6.07, 6.45) is 3.96. The van der Waals surface area contributed by atoms with Crippen LogP contribution in [-0.2, 0) is 11.2 Å². The second-order valence-corrected chi connectivity index (χ2v) is 6.14. The number of carbonyl (C=O) groups is 1. The number of benzene rings is 1. The topological polar surface area (TPSA) is 32.3 Å². The Labute approximate surface area is 135 Å². The van der Waals surface area contributed by atoms with Crippen LogP contribution in [0.25, 0.3) is 0 Å². The van der Waals surface area contributed by atoms with Gasteiger partial charge in [-0.25, -0.2) is 8.78 Å². The molecule has 3 rings (SSSR count). The minimum absolute atomic E-state index is 0. The third-order valence-corrected chi connectivity index (χ3v) is 4.78. The van der Waals surface area contributed by atoms with E-state index in [1.807, 2.05) is 0 Å². The van der Waals surface area contributed by atoms with Crippen LogP contribution in [0.1, 0.15) is 31.2 Å². The number of halogens is 3. The van der Waals surface area contributed by atoms with Crippen molar-refractivity contribution in [3.8, 4) is 0 Å². The van der Waals surface area contributed by atoms with E-state index in [9.17, 15) is 13.6 Å². The summed E-state index contributed by atoms with van der Waals surface area (Å²) in [4.78, 5) is 14.0. The van der Waals surface area contributed by atoms with Gasteiger partial charge in [0, 0.05) is 30.7 Å². The van der Waals surface area contributed by atoms with E-state index >= 15 is 0 Å². The van der Waals surface area contributed by atoms with Crippen molar-refractivity contribution < 1.29 is 13.6 Å². The van der Waals surface area contributed by atoms with E-state index in [0.717, 1.165) is 25.7 Å². The SMILES string of the molecule is CN(C(=O)Cc1c(F)cccc1F)C1CC2CCC(C1)N2.Cl. The third-order valence-electron chi connectivity index (χ3n) is 4.78. The molecule has 2 fully saturated rings. The molecule has 3 nitrogen and oxygen atoms in total. The van der Waals surface area contributed by atoms with E-state index in [2.05, 4.69) is 5.32 Å². The molecule has 122 valence electrons. The lowest BCUT2D eigenvalue weighted by atomic mass is 9.98. The van der Waals surface area contributed by atoms with E-state index in [0.29, 0.717) is 12.1 Å². The number of carbonyl (C=O) groups excluding carboxylic acids is 1. The van der Waals surface area contributed by atoms with Crippen LogP contribution < -0.4 is 5.32 Å². The Morgan fingerprint density at radius 3 is 2.32 bits per heavy atom. The molecule has 0 aliphatic carbocycles. The summed E-state index contributed by atoms with van der Waals surface area (Å²) in [5.74, 6) is -1.52. The van der Waals surface area contributed by atoms with Crippen LogP contribution in [0, 0.1) is 11.6 Å². The maximum Gasteiger partial charge on any atom is 0.227 e. The highest BCUT2D eigenvalue weighted by atomic mass is 35.5. The van der Waals surface area contributed by atoms with Crippen molar-refractivity contribution >= 4 is 18.3 Å². The Morgan fingerprint density at radius 2 is 1.77 bits per heavy atom. The van der Waals surface area contributed by atoms with Gasteiger partial charge in [0.25, 0.3) is 0 Å². The number of piperidine rings is 1. The zero-order chi connectivity index (χ0) is 15.0. The lowest BCUT2D eigenvalue weighted by molar-refractivity contribution is -0.132. The predicted molar refractivity (Wildman–Crippen MR) is 83.0 cm³/mol. The molecular weight excluding hydrogens is 310 g/mol. The van der Waals surface area contributed by atoms with Gasteiger partial charge in [-0.1, -0.05) is 6.07 Å². The predicted octanol–water partition coefficient (Wildman–Crippen LogP) is 2.67. The van der Waals surface area contributed by atoms with Gasteiger partial charge in [0.05, 0.1) is 6.42 Å². The number of amides is 1. The zero-order valence-corrected chi connectivity index (χ0v) is 13.3. The largest absolute Gasteiger partial charge is 0.342 e. The molecule has 2 aliphatic heterocycles. The summed E-state index contributed by atoms with van der Waals surface area (Å²) >= 11 is 0. The molecule has 1 aromatic rings. The molecule has 0 radical (unpaired) electrons. The number of rotatable bonds is 3. The Hall–Kier alpha value is -1.20. The maximum absolute atomic E-state index is 13.6. The van der Waals surface area contributed by atoms with Gasteiger partial charge in [-0.05, 0) is 37.8 Å². The van der Waals surface area contributed by atoms with Crippen LogP contribution in [0.5, 0.6) is 0 Å². The van der Waals surface area contributed by atoms with Crippen molar-refractivity contribution in [2.45, 2.75) is 50.2 Å². The number of hydrogen-bond donors (Lipinski definition) is 1. The zero-order valence-electron chi connectivity index (χ0n) is 12.5. The average molecular weight is 331 g/mol. The molecule has 6 heteroatoms. The van der Waals surface area contributed by atoms with E-state index in [4.69, 9.17) is 0 Å². The van der Waals surface area contributed by atoms with Crippen LogP contribution in [0.15, 0.2) is 18.2 Å². The first kappa shape index (κ1) is 17.2. The molecule has 1 N–H and O–H groups in total. The van der Waals surface area contributed by atoms with E-state index in [-0.39, 0.29) is 36.3 Å². The minimum atomic E-state index is -0.651. The summed E-state index contributed by atoms with van der Waals surface area (Å²) in [6.45, 7) is 0. The van der Waals surface area contributed by atoms with Gasteiger partial charge in [-0.3, -0.25) is 4.79 Å². The highest BCUT2D eigenvalue weighted by Crippen LogP contribution is 2.29. The molecule has 2 heterocycles. The van der Waals surface area contributed by atoms with Gasteiger partial charge in [-0.15, -0.1) is 12.4 Å². The van der Waals surface area contributed by atoms with Crippen molar-refractivity contribution in [1.29, 1.82) is 0 Å². The smallest absolute Gasteiger partial charge is 0.227 e. The summed E-state index contributed by atoms with van der Waals surface area (Å²) in [5, 5.41) is 3.52. The van der Waals surface area contributed by atoms with Gasteiger partial charge in [-0.2, -0.15) is 0 Å². The molecule has 0 spiro atoms. The minimum Gasteiger partial charge on any atom is -0.342 e. The van der Waals surface area contributed by atoms with Crippen LogP contribution in [0.2, 0.25) is 0 Å². The first-order chi connectivity index (χ1) is 10.0. The van der Waals surface area contributed by atoms with E-state index < -0.39 is 11.6 Å². The van der Waals surface area contributed by atoms with E-state index in [1.54, 1.807) is 11.9 Å². The molecule has 0 saturated carbocycles. The first-order valence-electron chi connectivity index (χ1n) is 7.49. The highest BCUT2D eigenvalue weighted by Gasteiger charge is 2.36. The summed E-state index contributed by atoms with van der Waals surface area (Å²) in [7, 11) is 1.75. The van der Waals surface area contributed by atoms with Gasteiger partial charge in [0.15, 0.2) is 0 Å². The Kier molecular flexibility index (Phi) is 5.40. The monoisotopic (exact) mass is 330 g/mol. The van der Waals surface area contributed by atoms with E-state index in [1.165, 1.54) is 18.2 Å². The number of fused-ring (bicyclic) bond motifs is 2. The second-order valence-electron chi connectivity index (χ2n) is 6.14. The van der Waals surface area contributed by atoms with Crippen molar-refractivity contribution in [1.82, 2.24) is 10.2 Å². The van der Waals surface area contributed by atoms with Crippen LogP contribution in [0.3, 0.4) is 0 Å². The summed E-state index contributed by atoms with van der Waals surface area (Å²) in [5.41, 5.74) is -0.133. The van der Waals surface area contributed by atoms with Crippen molar-refractivity contribution in [3.05, 3.63) is 35.4 Å². The highest BCUT2D eigenvalue weighted by molar-refractivity contribution is 5.85. The molecule has 0 aromatic heterocycles. The van der Waals surface area contributed by atoms with Crippen molar-refractivity contribution in [3.63, 3.8) is 0 Å². The lowest BCUT2D eigenvalue weighted by Crippen LogP contribution is -2.49. The molecule has 1 amide bonds. The Morgan fingerprint density at radius 1 is 1.23 bits per heavy atom. The molecule has 2 aliphatic rings. The number of nitrogens with zero attached hydrogens (tertiary/aromatic N) is 1. The first-order valence-corrected chi connectivity index (χ1v) is 7.49. The van der Waals surface area contributed by atoms with Crippen molar-refractivity contribution in [2.24, 2.45) is 0 Å². The molecule has 2 unspecified atom stereocenters. The molecule has 22 heavy (non-hydrogen) atoms. The molecular formula is C16H21ClF2N2O. The number of hydrogen-bond acceptors (Lipinski definition) is 2. The van der Waals surface area contributed by atoms with Crippen LogP contribution in [0.4, 0.5) is 8.78 Å². The second kappa shape index (κ2) is 6.92. The number of nitrogens with one attached hydrogen (secondary N) is 1.